The number of nitro groups is 1. The van der Waals surface area contributed by atoms with Gasteiger partial charge in [0.05, 0.1) is 24.0 Å². The fourth-order valence-corrected chi connectivity index (χ4v) is 9.29. The van der Waals surface area contributed by atoms with E-state index in [-0.39, 0.29) is 27.8 Å². The smallest absolute Gasteiger partial charge is 0.477 e. The average molecular weight is 819 g/mol. The summed E-state index contributed by atoms with van der Waals surface area (Å²) in [6.07, 6.45) is -15.3. The topological polar surface area (TPSA) is 392 Å². The zero-order chi connectivity index (χ0) is 38.3. The predicted octanol–water partition coefficient (Wildman–Crippen LogP) is -1.57. The molecule has 2 aromatic heterocycles. The molecular formula is C23H28N6O19P2S2. The molecule has 2 aliphatic rings. The number of imidazole rings is 1. The third-order valence-corrected chi connectivity index (χ3v) is 12.3. The summed E-state index contributed by atoms with van der Waals surface area (Å²) in [5.41, 5.74) is 3.25. The van der Waals surface area contributed by atoms with E-state index in [0.717, 1.165) is 44.6 Å². The summed E-state index contributed by atoms with van der Waals surface area (Å²) in [6, 6.07) is 3.24. The van der Waals surface area contributed by atoms with E-state index in [1.807, 2.05) is 0 Å². The fourth-order valence-electron chi connectivity index (χ4n) is 4.91. The summed E-state index contributed by atoms with van der Waals surface area (Å²) in [6.45, 7) is -1.04. The molecule has 11 N–H and O–H groups in total. The van der Waals surface area contributed by atoms with Gasteiger partial charge in [-0.15, -0.1) is 0 Å². The number of aliphatic hydroxyl groups excluding tert-OH is 5. The van der Waals surface area contributed by atoms with Crippen molar-refractivity contribution < 1.29 is 82.1 Å². The Bertz CT molecular complexity index is 1990. The number of carboxylic acids is 1. The van der Waals surface area contributed by atoms with Gasteiger partial charge < -0.3 is 55.6 Å². The van der Waals surface area contributed by atoms with E-state index in [0.29, 0.717) is 0 Å². The van der Waals surface area contributed by atoms with Crippen molar-refractivity contribution in [2.45, 2.75) is 60.1 Å². The van der Waals surface area contributed by atoms with Crippen LogP contribution >= 0.6 is 37.2 Å². The molecule has 11 atom stereocenters. The van der Waals surface area contributed by atoms with Crippen molar-refractivity contribution >= 4 is 66.0 Å². The van der Waals surface area contributed by atoms with Gasteiger partial charge in [0, 0.05) is 16.7 Å². The second-order valence-corrected chi connectivity index (χ2v) is 16.3. The van der Waals surface area contributed by atoms with Gasteiger partial charge in [0.25, 0.3) is 11.2 Å². The minimum absolute atomic E-state index is 0.142. The number of nitrogens with two attached hydrogens (primary N) is 1. The number of rotatable bonds is 14. The standard InChI is InChI=1S/C23H28N6O19P2S2/c24-23-26-18-12(19(35)27-23)25-6-28(18)20-16(33)13(30)10(45-20)4-44-49(40,41)48-50(42,43)47-22-17(34)15(32)14(31)11(46-22)5-51-52-7-1-2-9(29(38)39)8(3-7)21(36)37/h1-3,6,10-11,13-17,20,22,30-34H,4-5H2,(H,36,37)(H,40,41)(H,42,43)(H3,24,26,27,35)/t10-,11-,13-,14+,15+,16-,17-,20-,22?/m1/s1. The minimum Gasteiger partial charge on any atom is -0.477 e. The van der Waals surface area contributed by atoms with E-state index in [1.165, 1.54) is 6.07 Å². The maximum absolute atomic E-state index is 12.7. The van der Waals surface area contributed by atoms with Crippen LogP contribution in [0.5, 0.6) is 0 Å². The molecule has 286 valence electrons. The second kappa shape index (κ2) is 15.7. The van der Waals surface area contributed by atoms with Crippen LogP contribution in [0.15, 0.2) is 34.2 Å². The highest BCUT2D eigenvalue weighted by atomic mass is 33.1. The van der Waals surface area contributed by atoms with Crippen molar-refractivity contribution in [3.05, 3.63) is 50.6 Å². The normalized spacial score (nSPS) is 30.2. The first-order valence-corrected chi connectivity index (χ1v) is 19.5. The van der Waals surface area contributed by atoms with Crippen LogP contribution in [0.2, 0.25) is 0 Å². The molecule has 3 unspecified atom stereocenters. The maximum atomic E-state index is 12.7. The molecule has 2 saturated heterocycles. The third-order valence-electron chi connectivity index (χ3n) is 7.36. The number of phosphoric ester groups is 2. The van der Waals surface area contributed by atoms with E-state index >= 15 is 0 Å². The number of aromatic carboxylic acids is 1. The first-order valence-electron chi connectivity index (χ1n) is 14.2. The van der Waals surface area contributed by atoms with E-state index in [1.54, 1.807) is 0 Å². The van der Waals surface area contributed by atoms with Crippen molar-refractivity contribution in [2.75, 3.05) is 18.1 Å². The Balaban J connectivity index is 1.17. The number of aliphatic hydroxyl groups is 5. The molecule has 0 radical (unpaired) electrons. The lowest BCUT2D eigenvalue weighted by Gasteiger charge is -2.40. The first kappa shape index (κ1) is 40.1. The minimum atomic E-state index is -5.73. The molecule has 0 amide bonds. The number of nitrogen functional groups attached to an aromatic ring is 1. The Hall–Kier alpha value is -3.08. The van der Waals surface area contributed by atoms with Gasteiger partial charge in [-0.25, -0.2) is 18.9 Å². The molecule has 29 heteroatoms. The van der Waals surface area contributed by atoms with Crippen LogP contribution in [-0.4, -0.2) is 132 Å². The van der Waals surface area contributed by atoms with Crippen molar-refractivity contribution in [3.63, 3.8) is 0 Å². The van der Waals surface area contributed by atoms with Crippen LogP contribution in [0.4, 0.5) is 11.6 Å². The Labute approximate surface area is 296 Å². The number of benzene rings is 1. The SMILES string of the molecule is Nc1nc2c(ncn2[C@@H]2O[C@H](COP(=O)(O)OP(=O)(O)OC3O[C@H](CSSc4ccc([N+](=O)[O-])c(C(=O)O)c4)[C@H](O)[C@H](O)[C@H]3O)[C@@H](O)[C@H]2O)c(=O)[nH]1. The number of hydrogen-bond donors (Lipinski definition) is 10. The summed E-state index contributed by atoms with van der Waals surface area (Å²) >= 11 is 0. The molecular weight excluding hydrogens is 790 g/mol. The number of fused-ring (bicyclic) bond motifs is 1. The van der Waals surface area contributed by atoms with Crippen LogP contribution in [0, 0.1) is 10.1 Å². The molecule has 52 heavy (non-hydrogen) atoms. The number of aromatic nitrogens is 4. The molecule has 3 aromatic rings. The number of ether oxygens (including phenoxy) is 2. The summed E-state index contributed by atoms with van der Waals surface area (Å²) < 4.78 is 50.7. The molecule has 0 spiro atoms. The van der Waals surface area contributed by atoms with Crippen LogP contribution in [0.25, 0.3) is 11.2 Å². The molecule has 25 nitrogen and oxygen atoms in total. The number of carboxylic acid groups (broad SMARTS) is 1. The average Bonchev–Trinajstić information content (AvgIpc) is 3.60. The lowest BCUT2D eigenvalue weighted by Crippen LogP contribution is -2.58. The van der Waals surface area contributed by atoms with Gasteiger partial charge in [-0.05, 0) is 12.1 Å². The predicted molar refractivity (Wildman–Crippen MR) is 171 cm³/mol. The lowest BCUT2D eigenvalue weighted by molar-refractivity contribution is -0.385. The van der Waals surface area contributed by atoms with Crippen molar-refractivity contribution in [1.29, 1.82) is 0 Å². The van der Waals surface area contributed by atoms with E-state index in [2.05, 4.69) is 28.3 Å². The molecule has 0 saturated carbocycles. The van der Waals surface area contributed by atoms with Crippen LogP contribution < -0.4 is 11.3 Å². The molecule has 0 bridgehead atoms. The van der Waals surface area contributed by atoms with Crippen LogP contribution in [0.1, 0.15) is 16.6 Å². The van der Waals surface area contributed by atoms with Gasteiger partial charge in [0.15, 0.2) is 23.7 Å². The number of anilines is 1. The molecule has 1 aromatic carbocycles. The number of nitro benzene ring substituents is 1. The number of nitrogens with one attached hydrogen (secondary N) is 1. The number of hydrogen-bond acceptors (Lipinski definition) is 21. The zero-order valence-electron chi connectivity index (χ0n) is 25.6. The van der Waals surface area contributed by atoms with Gasteiger partial charge in [0.2, 0.25) is 5.95 Å². The quantitative estimate of drug-likeness (QED) is 0.0380. The van der Waals surface area contributed by atoms with Crippen molar-refractivity contribution in [1.82, 2.24) is 19.5 Å². The number of carbonyl (C=O) groups is 1. The third kappa shape index (κ3) is 8.82. The van der Waals surface area contributed by atoms with E-state index < -0.39 is 105 Å². The molecule has 2 aliphatic heterocycles. The van der Waals surface area contributed by atoms with Gasteiger partial charge in [-0.1, -0.05) is 21.6 Å². The molecule has 0 aliphatic carbocycles. The van der Waals surface area contributed by atoms with Crippen LogP contribution in [-0.2, 0) is 32.0 Å². The highest BCUT2D eigenvalue weighted by Crippen LogP contribution is 2.61. The van der Waals surface area contributed by atoms with E-state index in [9.17, 15) is 69.3 Å². The van der Waals surface area contributed by atoms with Gasteiger partial charge in [-0.3, -0.25) is 33.5 Å². The first-order chi connectivity index (χ1) is 24.3. The monoisotopic (exact) mass is 818 g/mol. The van der Waals surface area contributed by atoms with Crippen molar-refractivity contribution in [2.24, 2.45) is 0 Å². The highest BCUT2D eigenvalue weighted by Gasteiger charge is 2.50. The van der Waals surface area contributed by atoms with Gasteiger partial charge in [-0.2, -0.15) is 9.29 Å². The largest absolute Gasteiger partial charge is 0.483 e. The van der Waals surface area contributed by atoms with Gasteiger partial charge >= 0.3 is 21.6 Å². The fraction of sp³-hybridized carbons (Fsp3) is 0.478. The second-order valence-electron chi connectivity index (χ2n) is 10.9. The summed E-state index contributed by atoms with van der Waals surface area (Å²) in [5.74, 6) is -2.13. The Morgan fingerprint density at radius 1 is 1.06 bits per heavy atom. The lowest BCUT2D eigenvalue weighted by atomic mass is 10.0. The van der Waals surface area contributed by atoms with Crippen LogP contribution in [0.3, 0.4) is 0 Å². The zero-order valence-corrected chi connectivity index (χ0v) is 29.0. The summed E-state index contributed by atoms with van der Waals surface area (Å²) in [7, 11) is -9.56. The Morgan fingerprint density at radius 3 is 2.42 bits per heavy atom. The highest BCUT2D eigenvalue weighted by molar-refractivity contribution is 8.76. The molecule has 5 rings (SSSR count). The molecule has 2 fully saturated rings. The number of H-pyrrole nitrogens is 1. The summed E-state index contributed by atoms with van der Waals surface area (Å²) in [4.78, 5) is 64.2. The number of phosphoric acid groups is 2. The van der Waals surface area contributed by atoms with E-state index in [4.69, 9.17) is 15.2 Å². The van der Waals surface area contributed by atoms with Gasteiger partial charge in [0.1, 0.15) is 42.2 Å². The number of aromatic amines is 1. The summed E-state index contributed by atoms with van der Waals surface area (Å²) in [5, 5.41) is 72.3. The Morgan fingerprint density at radius 2 is 1.75 bits per heavy atom. The Kier molecular flexibility index (Phi) is 12.1. The maximum Gasteiger partial charge on any atom is 0.483 e. The van der Waals surface area contributed by atoms with Crippen molar-refractivity contribution in [3.8, 4) is 0 Å². The number of nitrogens with zero attached hydrogens (tertiary/aromatic N) is 4. The molecule has 4 heterocycles.